The van der Waals surface area contributed by atoms with Crippen LogP contribution in [0.2, 0.25) is 0 Å². The maximum absolute atomic E-state index is 13.0. The predicted octanol–water partition coefficient (Wildman–Crippen LogP) is 2.81. The van der Waals surface area contributed by atoms with Crippen molar-refractivity contribution in [2.75, 3.05) is 13.6 Å². The van der Waals surface area contributed by atoms with Gasteiger partial charge in [-0.05, 0) is 44.7 Å². The Morgan fingerprint density at radius 1 is 1.29 bits per heavy atom. The Hall–Kier alpha value is -0.430. The van der Waals surface area contributed by atoms with E-state index in [1.165, 1.54) is 37.0 Å². The van der Waals surface area contributed by atoms with Crippen molar-refractivity contribution < 1.29 is 8.42 Å². The maximum Gasteiger partial charge on any atom is 0.244 e. The standard InChI is InChI=1S/C15H24N2O2S2/c1-16-10-13-9-14(11-20-13)21(18,19)17-8-4-6-12-5-2-3-7-15(12)17/h9,11-12,15-16H,2-8,10H2,1H3/t12-,15-/m1/s1. The molecule has 1 aromatic rings. The van der Waals surface area contributed by atoms with Crippen LogP contribution < -0.4 is 5.32 Å². The van der Waals surface area contributed by atoms with Crippen molar-refractivity contribution in [3.63, 3.8) is 0 Å². The number of sulfonamides is 1. The van der Waals surface area contributed by atoms with Gasteiger partial charge in [-0.1, -0.05) is 12.8 Å². The highest BCUT2D eigenvalue weighted by Gasteiger charge is 2.40. The number of thiophene rings is 1. The van der Waals surface area contributed by atoms with Crippen LogP contribution in [0.3, 0.4) is 0 Å². The minimum absolute atomic E-state index is 0.241. The molecule has 0 unspecified atom stereocenters. The van der Waals surface area contributed by atoms with Gasteiger partial charge in [0.05, 0.1) is 4.90 Å². The van der Waals surface area contributed by atoms with Crippen LogP contribution in [0, 0.1) is 5.92 Å². The summed E-state index contributed by atoms with van der Waals surface area (Å²) in [5.74, 6) is 0.581. The monoisotopic (exact) mass is 328 g/mol. The highest BCUT2D eigenvalue weighted by atomic mass is 32.2. The molecule has 4 nitrogen and oxygen atoms in total. The average molecular weight is 329 g/mol. The van der Waals surface area contributed by atoms with Crippen molar-refractivity contribution in [3.05, 3.63) is 16.3 Å². The van der Waals surface area contributed by atoms with Crippen LogP contribution in [0.4, 0.5) is 0 Å². The topological polar surface area (TPSA) is 49.4 Å². The summed E-state index contributed by atoms with van der Waals surface area (Å²) in [5.41, 5.74) is 0. The van der Waals surface area contributed by atoms with Crippen molar-refractivity contribution in [3.8, 4) is 0 Å². The van der Waals surface area contributed by atoms with E-state index in [-0.39, 0.29) is 6.04 Å². The first-order valence-electron chi connectivity index (χ1n) is 7.87. The van der Waals surface area contributed by atoms with Crippen molar-refractivity contribution in [1.29, 1.82) is 0 Å². The zero-order valence-corrected chi connectivity index (χ0v) is 14.2. The van der Waals surface area contributed by atoms with E-state index in [9.17, 15) is 8.42 Å². The fourth-order valence-corrected chi connectivity index (χ4v) is 6.80. The number of fused-ring (bicyclic) bond motifs is 1. The molecule has 2 fully saturated rings. The smallest absolute Gasteiger partial charge is 0.244 e. The van der Waals surface area contributed by atoms with Crippen LogP contribution in [0.5, 0.6) is 0 Å². The van der Waals surface area contributed by atoms with Gasteiger partial charge in [0, 0.05) is 29.4 Å². The summed E-state index contributed by atoms with van der Waals surface area (Å²) in [6, 6.07) is 2.08. The molecule has 2 atom stereocenters. The Bertz CT molecular complexity index is 580. The predicted molar refractivity (Wildman–Crippen MR) is 86.0 cm³/mol. The number of hydrogen-bond acceptors (Lipinski definition) is 4. The lowest BCUT2D eigenvalue weighted by atomic mass is 9.79. The molecule has 2 aliphatic rings. The van der Waals surface area contributed by atoms with Gasteiger partial charge < -0.3 is 5.32 Å². The largest absolute Gasteiger partial charge is 0.315 e. The second kappa shape index (κ2) is 6.36. The molecule has 0 bridgehead atoms. The molecule has 21 heavy (non-hydrogen) atoms. The molecule has 0 spiro atoms. The molecule has 1 saturated carbocycles. The van der Waals surface area contributed by atoms with Crippen molar-refractivity contribution in [2.45, 2.75) is 56.0 Å². The minimum atomic E-state index is -3.31. The Morgan fingerprint density at radius 2 is 2.05 bits per heavy atom. The number of hydrogen-bond donors (Lipinski definition) is 1. The summed E-state index contributed by atoms with van der Waals surface area (Å²) in [4.78, 5) is 1.57. The summed E-state index contributed by atoms with van der Waals surface area (Å²) in [6.45, 7) is 1.42. The van der Waals surface area contributed by atoms with Gasteiger partial charge in [0.25, 0.3) is 0 Å². The normalized spacial score (nSPS) is 27.5. The van der Waals surface area contributed by atoms with Gasteiger partial charge in [-0.25, -0.2) is 8.42 Å². The molecule has 0 aromatic carbocycles. The second-order valence-electron chi connectivity index (χ2n) is 6.15. The van der Waals surface area contributed by atoms with E-state index in [1.807, 2.05) is 17.4 Å². The third kappa shape index (κ3) is 3.04. The highest BCUT2D eigenvalue weighted by Crippen LogP contribution is 2.38. The van der Waals surface area contributed by atoms with Gasteiger partial charge in [-0.3, -0.25) is 0 Å². The van der Waals surface area contributed by atoms with Gasteiger partial charge in [0.15, 0.2) is 0 Å². The van der Waals surface area contributed by atoms with E-state index in [0.29, 0.717) is 17.4 Å². The van der Waals surface area contributed by atoms with Crippen LogP contribution in [-0.4, -0.2) is 32.4 Å². The molecular weight excluding hydrogens is 304 g/mol. The molecule has 0 radical (unpaired) electrons. The highest BCUT2D eigenvalue weighted by molar-refractivity contribution is 7.89. The summed E-state index contributed by atoms with van der Waals surface area (Å²) in [7, 11) is -1.43. The lowest BCUT2D eigenvalue weighted by Gasteiger charge is -2.42. The van der Waals surface area contributed by atoms with E-state index < -0.39 is 10.0 Å². The molecule has 2 heterocycles. The van der Waals surface area contributed by atoms with Gasteiger partial charge in [0.2, 0.25) is 10.0 Å². The van der Waals surface area contributed by atoms with Gasteiger partial charge in [-0.2, -0.15) is 4.31 Å². The van der Waals surface area contributed by atoms with E-state index in [2.05, 4.69) is 5.32 Å². The molecular formula is C15H24N2O2S2. The summed E-state index contributed by atoms with van der Waals surface area (Å²) in [5, 5.41) is 4.88. The molecule has 3 rings (SSSR count). The quantitative estimate of drug-likeness (QED) is 0.924. The lowest BCUT2D eigenvalue weighted by Crippen LogP contribution is -2.49. The molecule has 1 aromatic heterocycles. The summed E-state index contributed by atoms with van der Waals surface area (Å²) in [6.07, 6.45) is 6.88. The third-order valence-corrected chi connectivity index (χ3v) is 7.77. The summed E-state index contributed by atoms with van der Waals surface area (Å²) >= 11 is 1.53. The Morgan fingerprint density at radius 3 is 2.86 bits per heavy atom. The van der Waals surface area contributed by atoms with Crippen LogP contribution in [0.25, 0.3) is 0 Å². The van der Waals surface area contributed by atoms with Gasteiger partial charge in [-0.15, -0.1) is 11.3 Å². The average Bonchev–Trinajstić information content (AvgIpc) is 2.96. The van der Waals surface area contributed by atoms with E-state index in [4.69, 9.17) is 0 Å². The molecule has 118 valence electrons. The summed E-state index contributed by atoms with van der Waals surface area (Å²) < 4.78 is 27.8. The van der Waals surface area contributed by atoms with E-state index in [1.54, 1.807) is 5.38 Å². The first kappa shape index (κ1) is 15.5. The minimum Gasteiger partial charge on any atom is -0.315 e. The van der Waals surface area contributed by atoms with Crippen molar-refractivity contribution in [2.24, 2.45) is 5.92 Å². The Kier molecular flexibility index (Phi) is 4.69. The molecule has 0 amide bonds. The van der Waals surface area contributed by atoms with Crippen LogP contribution in [0.1, 0.15) is 43.4 Å². The first-order chi connectivity index (χ1) is 10.1. The number of rotatable bonds is 4. The SMILES string of the molecule is CNCc1cc(S(=O)(=O)N2CCC[C@H]3CCCC[C@H]32)cs1. The van der Waals surface area contributed by atoms with Crippen LogP contribution in [-0.2, 0) is 16.6 Å². The van der Waals surface area contributed by atoms with Crippen LogP contribution >= 0.6 is 11.3 Å². The van der Waals surface area contributed by atoms with Crippen LogP contribution in [0.15, 0.2) is 16.3 Å². The first-order valence-corrected chi connectivity index (χ1v) is 10.2. The molecule has 1 N–H and O–H groups in total. The van der Waals surface area contributed by atoms with Crippen molar-refractivity contribution in [1.82, 2.24) is 9.62 Å². The Balaban J connectivity index is 1.85. The zero-order chi connectivity index (χ0) is 14.9. The van der Waals surface area contributed by atoms with Gasteiger partial charge >= 0.3 is 0 Å². The third-order valence-electron chi connectivity index (χ3n) is 4.78. The molecule has 1 aliphatic heterocycles. The second-order valence-corrected chi connectivity index (χ2v) is 9.04. The maximum atomic E-state index is 13.0. The van der Waals surface area contributed by atoms with E-state index >= 15 is 0 Å². The lowest BCUT2D eigenvalue weighted by molar-refractivity contribution is 0.129. The molecule has 1 aliphatic carbocycles. The molecule has 1 saturated heterocycles. The fourth-order valence-electron chi connectivity index (χ4n) is 3.78. The number of nitrogens with zero attached hydrogens (tertiary/aromatic N) is 1. The van der Waals surface area contributed by atoms with Crippen molar-refractivity contribution >= 4 is 21.4 Å². The molecule has 6 heteroatoms. The fraction of sp³-hybridized carbons (Fsp3) is 0.733. The van der Waals surface area contributed by atoms with E-state index in [0.717, 1.165) is 24.3 Å². The zero-order valence-electron chi connectivity index (χ0n) is 12.5. The Labute approximate surface area is 131 Å². The number of nitrogens with one attached hydrogen (secondary N) is 1. The van der Waals surface area contributed by atoms with Gasteiger partial charge in [0.1, 0.15) is 0 Å². The number of piperidine rings is 1.